The first-order chi connectivity index (χ1) is 14.5. The zero-order chi connectivity index (χ0) is 21.5. The normalized spacial score (nSPS) is 12.6. The summed E-state index contributed by atoms with van der Waals surface area (Å²) >= 11 is 0. The molecular weight excluding hydrogens is 382 g/mol. The third kappa shape index (κ3) is 4.90. The molecule has 2 aromatic rings. The minimum Gasteiger partial charge on any atom is -0.505 e. The maximum atomic E-state index is 11.4. The molecule has 3 rings (SSSR count). The zero-order valence-corrected chi connectivity index (χ0v) is 17.7. The SMILES string of the molecule is CCCCCCCCN1c2ccc(C(=O)O)cc2NN1c1ccc(OCC)cc1O. The van der Waals surface area contributed by atoms with E-state index < -0.39 is 5.97 Å². The van der Waals surface area contributed by atoms with Gasteiger partial charge in [-0.25, -0.2) is 4.79 Å². The standard InChI is InChI=1S/C23H31N3O4/c1-3-5-6-7-8-9-14-25-20-12-10-17(23(28)29)15-19(20)24-26(25)21-13-11-18(30-4-2)16-22(21)27/h10-13,15-16,24,27H,3-9,14H2,1-2H3,(H,28,29). The van der Waals surface area contributed by atoms with E-state index in [1.165, 1.54) is 25.7 Å². The highest BCUT2D eigenvalue weighted by molar-refractivity contribution is 5.93. The number of rotatable bonds is 11. The monoisotopic (exact) mass is 413 g/mol. The van der Waals surface area contributed by atoms with Crippen molar-refractivity contribution < 1.29 is 19.7 Å². The minimum atomic E-state index is -0.968. The molecule has 162 valence electrons. The van der Waals surface area contributed by atoms with Gasteiger partial charge in [0.15, 0.2) is 0 Å². The summed E-state index contributed by atoms with van der Waals surface area (Å²) in [6.45, 7) is 5.38. The van der Waals surface area contributed by atoms with E-state index in [9.17, 15) is 15.0 Å². The maximum absolute atomic E-state index is 11.4. The minimum absolute atomic E-state index is 0.0904. The average Bonchev–Trinajstić information content (AvgIpc) is 3.08. The Balaban J connectivity index is 1.82. The number of aromatic carboxylic acids is 1. The van der Waals surface area contributed by atoms with E-state index in [1.54, 1.807) is 29.4 Å². The molecule has 1 aliphatic heterocycles. The van der Waals surface area contributed by atoms with Gasteiger partial charge in [0.1, 0.15) is 17.2 Å². The van der Waals surface area contributed by atoms with Gasteiger partial charge in [0.25, 0.3) is 0 Å². The van der Waals surface area contributed by atoms with Crippen molar-refractivity contribution in [2.45, 2.75) is 52.4 Å². The molecule has 0 amide bonds. The van der Waals surface area contributed by atoms with Crippen LogP contribution in [-0.4, -0.2) is 29.3 Å². The molecule has 0 radical (unpaired) electrons. The van der Waals surface area contributed by atoms with Crippen molar-refractivity contribution in [3.8, 4) is 11.5 Å². The second kappa shape index (κ2) is 10.1. The Labute approximate surface area is 177 Å². The number of carboxylic acids is 1. The van der Waals surface area contributed by atoms with Gasteiger partial charge < -0.3 is 14.9 Å². The number of phenolic OH excluding ortho intramolecular Hbond substituents is 1. The van der Waals surface area contributed by atoms with Crippen molar-refractivity contribution in [2.75, 3.05) is 28.7 Å². The molecule has 7 nitrogen and oxygen atoms in total. The lowest BCUT2D eigenvalue weighted by molar-refractivity contribution is 0.0697. The highest BCUT2D eigenvalue weighted by Crippen LogP contribution is 2.41. The molecule has 30 heavy (non-hydrogen) atoms. The highest BCUT2D eigenvalue weighted by atomic mass is 16.5. The second-order valence-corrected chi connectivity index (χ2v) is 7.44. The summed E-state index contributed by atoms with van der Waals surface area (Å²) in [5, 5.41) is 23.8. The van der Waals surface area contributed by atoms with Crippen molar-refractivity contribution in [2.24, 2.45) is 0 Å². The van der Waals surface area contributed by atoms with Crippen LogP contribution in [0.5, 0.6) is 11.5 Å². The molecule has 7 heteroatoms. The number of carbonyl (C=O) groups is 1. The van der Waals surface area contributed by atoms with E-state index in [4.69, 9.17) is 4.74 Å². The summed E-state index contributed by atoms with van der Waals surface area (Å²) in [5.74, 6) is -0.275. The van der Waals surface area contributed by atoms with Crippen molar-refractivity contribution in [3.05, 3.63) is 42.0 Å². The lowest BCUT2D eigenvalue weighted by Gasteiger charge is -2.31. The molecule has 3 N–H and O–H groups in total. The summed E-state index contributed by atoms with van der Waals surface area (Å²) in [4.78, 5) is 11.4. The van der Waals surface area contributed by atoms with Gasteiger partial charge in [-0.15, -0.1) is 0 Å². The third-order valence-electron chi connectivity index (χ3n) is 5.20. The number of benzene rings is 2. The number of hydrogen-bond donors (Lipinski definition) is 3. The first-order valence-electron chi connectivity index (χ1n) is 10.7. The number of anilines is 3. The van der Waals surface area contributed by atoms with E-state index in [-0.39, 0.29) is 11.3 Å². The van der Waals surface area contributed by atoms with Crippen molar-refractivity contribution in [1.82, 2.24) is 0 Å². The Bertz CT molecular complexity index is 872. The number of carboxylic acid groups (broad SMARTS) is 1. The van der Waals surface area contributed by atoms with Crippen LogP contribution in [0.3, 0.4) is 0 Å². The molecule has 0 fully saturated rings. The van der Waals surface area contributed by atoms with Crippen LogP contribution in [0.25, 0.3) is 0 Å². The number of aromatic hydroxyl groups is 1. The van der Waals surface area contributed by atoms with Gasteiger partial charge in [-0.1, -0.05) is 39.0 Å². The Morgan fingerprint density at radius 1 is 1.00 bits per heavy atom. The van der Waals surface area contributed by atoms with Gasteiger partial charge in [0.2, 0.25) is 0 Å². The lowest BCUT2D eigenvalue weighted by Crippen LogP contribution is -2.42. The summed E-state index contributed by atoms with van der Waals surface area (Å²) in [5.41, 5.74) is 5.64. The average molecular weight is 414 g/mol. The van der Waals surface area contributed by atoms with Gasteiger partial charge in [-0.3, -0.25) is 10.4 Å². The van der Waals surface area contributed by atoms with Gasteiger partial charge >= 0.3 is 5.97 Å². The third-order valence-corrected chi connectivity index (χ3v) is 5.20. The molecule has 0 atom stereocenters. The van der Waals surface area contributed by atoms with Crippen LogP contribution < -0.4 is 20.3 Å². The molecule has 1 heterocycles. The Kier molecular flexibility index (Phi) is 7.27. The van der Waals surface area contributed by atoms with Crippen LogP contribution in [0.2, 0.25) is 0 Å². The summed E-state index contributed by atoms with van der Waals surface area (Å²) in [6.07, 6.45) is 7.06. The number of unbranched alkanes of at least 4 members (excludes halogenated alkanes) is 5. The molecule has 0 unspecified atom stereocenters. The van der Waals surface area contributed by atoms with Crippen LogP contribution in [-0.2, 0) is 0 Å². The van der Waals surface area contributed by atoms with Crippen LogP contribution in [0.15, 0.2) is 36.4 Å². The molecule has 0 saturated carbocycles. The molecule has 0 aromatic heterocycles. The fourth-order valence-corrected chi connectivity index (χ4v) is 3.66. The van der Waals surface area contributed by atoms with Gasteiger partial charge in [0, 0.05) is 12.6 Å². The number of nitrogens with one attached hydrogen (secondary N) is 1. The predicted octanol–water partition coefficient (Wildman–Crippen LogP) is 5.42. The summed E-state index contributed by atoms with van der Waals surface area (Å²) < 4.78 is 5.47. The number of hydrazine groups is 2. The fraction of sp³-hybridized carbons (Fsp3) is 0.435. The van der Waals surface area contributed by atoms with Crippen LogP contribution >= 0.6 is 0 Å². The van der Waals surface area contributed by atoms with Gasteiger partial charge in [-0.05, 0) is 43.7 Å². The topological polar surface area (TPSA) is 85.3 Å². The summed E-state index contributed by atoms with van der Waals surface area (Å²) in [7, 11) is 0. The largest absolute Gasteiger partial charge is 0.505 e. The number of hydrogen-bond acceptors (Lipinski definition) is 6. The summed E-state index contributed by atoms with van der Waals surface area (Å²) in [6, 6.07) is 10.3. The predicted molar refractivity (Wildman–Crippen MR) is 120 cm³/mol. The first kappa shape index (κ1) is 21.6. The Morgan fingerprint density at radius 2 is 1.73 bits per heavy atom. The smallest absolute Gasteiger partial charge is 0.335 e. The molecule has 0 saturated heterocycles. The van der Waals surface area contributed by atoms with E-state index in [1.807, 2.05) is 19.1 Å². The molecule has 1 aliphatic rings. The Hall–Kier alpha value is -3.09. The van der Waals surface area contributed by atoms with E-state index >= 15 is 0 Å². The van der Waals surface area contributed by atoms with Crippen molar-refractivity contribution >= 4 is 23.0 Å². The molecule has 0 spiro atoms. The lowest BCUT2D eigenvalue weighted by atomic mass is 10.1. The van der Waals surface area contributed by atoms with Crippen LogP contribution in [0.4, 0.5) is 17.1 Å². The quantitative estimate of drug-likeness (QED) is 0.424. The highest BCUT2D eigenvalue weighted by Gasteiger charge is 2.29. The molecular formula is C23H31N3O4. The zero-order valence-electron chi connectivity index (χ0n) is 17.7. The van der Waals surface area contributed by atoms with Crippen molar-refractivity contribution in [3.63, 3.8) is 0 Å². The number of nitrogens with zero attached hydrogens (tertiary/aromatic N) is 2. The van der Waals surface area contributed by atoms with E-state index in [2.05, 4.69) is 17.4 Å². The molecule has 2 aromatic carbocycles. The number of ether oxygens (including phenoxy) is 1. The van der Waals surface area contributed by atoms with Crippen LogP contribution in [0, 0.1) is 0 Å². The molecule has 0 bridgehead atoms. The van der Waals surface area contributed by atoms with Crippen molar-refractivity contribution in [1.29, 1.82) is 0 Å². The number of fused-ring (bicyclic) bond motifs is 1. The Morgan fingerprint density at radius 3 is 2.43 bits per heavy atom. The van der Waals surface area contributed by atoms with E-state index in [0.717, 1.165) is 25.1 Å². The van der Waals surface area contributed by atoms with Gasteiger partial charge in [0.05, 0.1) is 23.5 Å². The molecule has 0 aliphatic carbocycles. The van der Waals surface area contributed by atoms with Crippen LogP contribution in [0.1, 0.15) is 62.7 Å². The maximum Gasteiger partial charge on any atom is 0.335 e. The first-order valence-corrected chi connectivity index (χ1v) is 10.7. The second-order valence-electron chi connectivity index (χ2n) is 7.44. The number of phenols is 1. The van der Waals surface area contributed by atoms with Gasteiger partial charge in [-0.2, -0.15) is 5.12 Å². The fourth-order valence-electron chi connectivity index (χ4n) is 3.66. The van der Waals surface area contributed by atoms with E-state index in [0.29, 0.717) is 23.7 Å².